The van der Waals surface area contributed by atoms with Gasteiger partial charge in [-0.3, -0.25) is 0 Å². The van der Waals surface area contributed by atoms with Crippen LogP contribution in [0.3, 0.4) is 0 Å². The van der Waals surface area contributed by atoms with Crippen LogP contribution in [0.1, 0.15) is 24.8 Å². The molecule has 0 spiro atoms. The van der Waals surface area contributed by atoms with Crippen molar-refractivity contribution in [3.63, 3.8) is 0 Å². The Kier molecular flexibility index (Phi) is 2.50. The predicted octanol–water partition coefficient (Wildman–Crippen LogP) is 3.02. The van der Waals surface area contributed by atoms with E-state index in [0.29, 0.717) is 23.4 Å². The van der Waals surface area contributed by atoms with Gasteiger partial charge in [0.2, 0.25) is 0 Å². The van der Waals surface area contributed by atoms with E-state index in [1.165, 1.54) is 0 Å². The molecule has 0 amide bonds. The molecule has 0 bridgehead atoms. The lowest BCUT2D eigenvalue weighted by molar-refractivity contribution is 0.172. The van der Waals surface area contributed by atoms with Gasteiger partial charge in [-0.25, -0.2) is 4.39 Å². The van der Waals surface area contributed by atoms with Gasteiger partial charge in [-0.2, -0.15) is 0 Å². The monoisotopic (exact) mass is 213 g/mol. The molecule has 0 saturated heterocycles. The average molecular weight is 214 g/mol. The van der Waals surface area contributed by atoms with Crippen molar-refractivity contribution in [2.24, 2.45) is 5.73 Å². The van der Waals surface area contributed by atoms with Crippen LogP contribution in [0.4, 0.5) is 4.39 Å². The number of hydrogen-bond acceptors (Lipinski definition) is 1. The first kappa shape index (κ1) is 9.94. The molecule has 0 radical (unpaired) electrons. The Bertz CT molecular complexity index is 342. The van der Waals surface area contributed by atoms with E-state index in [0.717, 1.165) is 6.42 Å². The van der Waals surface area contributed by atoms with Crippen LogP contribution < -0.4 is 5.73 Å². The van der Waals surface area contributed by atoms with Crippen molar-refractivity contribution in [1.29, 1.82) is 0 Å². The van der Waals surface area contributed by atoms with Crippen LogP contribution in [0, 0.1) is 0 Å². The van der Waals surface area contributed by atoms with Gasteiger partial charge in [-0.15, -0.1) is 0 Å². The lowest BCUT2D eigenvalue weighted by atomic mass is 9.94. The number of rotatable bonds is 1. The number of nitrogens with two attached hydrogens (primary N) is 1. The molecule has 76 valence electrons. The smallest absolute Gasteiger partial charge is 0.137 e. The first-order valence-electron chi connectivity index (χ1n) is 4.81. The number of hydrogen-bond donors (Lipinski definition) is 1. The van der Waals surface area contributed by atoms with Crippen molar-refractivity contribution in [3.8, 4) is 0 Å². The van der Waals surface area contributed by atoms with Gasteiger partial charge in [0.1, 0.15) is 5.67 Å². The molecular weight excluding hydrogens is 201 g/mol. The maximum absolute atomic E-state index is 14.3. The molecule has 0 heterocycles. The van der Waals surface area contributed by atoms with Gasteiger partial charge in [0.25, 0.3) is 0 Å². The molecule has 1 aliphatic carbocycles. The Labute approximate surface area is 88.1 Å². The summed E-state index contributed by atoms with van der Waals surface area (Å²) < 4.78 is 14.3. The SMILES string of the molecule is NC1CCC(F)(c2cccc(Cl)c2)C1. The number of benzene rings is 1. The Morgan fingerprint density at radius 1 is 1.50 bits per heavy atom. The quantitative estimate of drug-likeness (QED) is 0.763. The van der Waals surface area contributed by atoms with Gasteiger partial charge in [0, 0.05) is 17.5 Å². The second-order valence-electron chi connectivity index (χ2n) is 3.98. The Morgan fingerprint density at radius 2 is 2.29 bits per heavy atom. The standard InChI is InChI=1S/C11H13ClFN/c12-9-3-1-2-8(6-9)11(13)5-4-10(14)7-11/h1-3,6,10H,4-5,7,14H2. The van der Waals surface area contributed by atoms with Crippen LogP contribution in [0.5, 0.6) is 0 Å². The highest BCUT2D eigenvalue weighted by atomic mass is 35.5. The topological polar surface area (TPSA) is 26.0 Å². The maximum atomic E-state index is 14.3. The van der Waals surface area contributed by atoms with Crippen LogP contribution >= 0.6 is 11.6 Å². The second-order valence-corrected chi connectivity index (χ2v) is 4.41. The van der Waals surface area contributed by atoms with Crippen LogP contribution in [-0.2, 0) is 5.67 Å². The lowest BCUT2D eigenvalue weighted by Crippen LogP contribution is -2.21. The zero-order valence-corrected chi connectivity index (χ0v) is 8.60. The zero-order chi connectivity index (χ0) is 10.2. The lowest BCUT2D eigenvalue weighted by Gasteiger charge is -2.19. The molecule has 1 nitrogen and oxygen atoms in total. The summed E-state index contributed by atoms with van der Waals surface area (Å²) in [4.78, 5) is 0. The highest BCUT2D eigenvalue weighted by Gasteiger charge is 2.39. The van der Waals surface area contributed by atoms with Gasteiger partial charge in [0.05, 0.1) is 0 Å². The first-order chi connectivity index (χ1) is 6.60. The van der Waals surface area contributed by atoms with Crippen molar-refractivity contribution < 1.29 is 4.39 Å². The van der Waals surface area contributed by atoms with E-state index in [9.17, 15) is 4.39 Å². The number of halogens is 2. The molecule has 1 aliphatic rings. The predicted molar refractivity (Wildman–Crippen MR) is 56.1 cm³/mol. The minimum Gasteiger partial charge on any atom is -0.328 e. The van der Waals surface area contributed by atoms with Gasteiger partial charge < -0.3 is 5.73 Å². The van der Waals surface area contributed by atoms with E-state index in [1.807, 2.05) is 0 Å². The van der Waals surface area contributed by atoms with Crippen LogP contribution in [0.25, 0.3) is 0 Å². The summed E-state index contributed by atoms with van der Waals surface area (Å²) in [6.45, 7) is 0. The third-order valence-electron chi connectivity index (χ3n) is 2.84. The van der Waals surface area contributed by atoms with E-state index >= 15 is 0 Å². The molecule has 1 saturated carbocycles. The van der Waals surface area contributed by atoms with E-state index in [2.05, 4.69) is 0 Å². The van der Waals surface area contributed by atoms with Crippen molar-refractivity contribution in [1.82, 2.24) is 0 Å². The molecule has 2 N–H and O–H groups in total. The maximum Gasteiger partial charge on any atom is 0.137 e. The molecule has 0 aromatic heterocycles. The summed E-state index contributed by atoms with van der Waals surface area (Å²) in [5.74, 6) is 0. The van der Waals surface area contributed by atoms with Gasteiger partial charge in [0.15, 0.2) is 0 Å². The summed E-state index contributed by atoms with van der Waals surface area (Å²) in [5.41, 5.74) is 5.12. The van der Waals surface area contributed by atoms with E-state index in [1.54, 1.807) is 24.3 Å². The van der Waals surface area contributed by atoms with Crippen LogP contribution in [0.2, 0.25) is 5.02 Å². The van der Waals surface area contributed by atoms with Gasteiger partial charge in [-0.05, 0) is 30.5 Å². The molecule has 1 aromatic rings. The molecule has 2 atom stereocenters. The molecule has 1 fully saturated rings. The van der Waals surface area contributed by atoms with Crippen molar-refractivity contribution in [2.45, 2.75) is 31.0 Å². The zero-order valence-electron chi connectivity index (χ0n) is 7.84. The van der Waals surface area contributed by atoms with Crippen molar-refractivity contribution in [3.05, 3.63) is 34.9 Å². The highest BCUT2D eigenvalue weighted by molar-refractivity contribution is 6.30. The normalized spacial score (nSPS) is 32.1. The Morgan fingerprint density at radius 3 is 2.86 bits per heavy atom. The Hall–Kier alpha value is -0.600. The summed E-state index contributed by atoms with van der Waals surface area (Å²) in [5, 5.41) is 0.583. The molecule has 2 unspecified atom stereocenters. The van der Waals surface area contributed by atoms with Crippen molar-refractivity contribution >= 4 is 11.6 Å². The fourth-order valence-corrected chi connectivity index (χ4v) is 2.25. The third kappa shape index (κ3) is 1.77. The van der Waals surface area contributed by atoms with E-state index in [-0.39, 0.29) is 6.04 Å². The fraction of sp³-hybridized carbons (Fsp3) is 0.455. The molecule has 14 heavy (non-hydrogen) atoms. The minimum atomic E-state index is -1.26. The number of alkyl halides is 1. The average Bonchev–Trinajstić information content (AvgIpc) is 2.48. The molecular formula is C11H13ClFN. The van der Waals surface area contributed by atoms with Crippen LogP contribution in [0.15, 0.2) is 24.3 Å². The minimum absolute atomic E-state index is 0.0148. The van der Waals surface area contributed by atoms with Crippen molar-refractivity contribution in [2.75, 3.05) is 0 Å². The highest BCUT2D eigenvalue weighted by Crippen LogP contribution is 2.42. The largest absolute Gasteiger partial charge is 0.328 e. The van der Waals surface area contributed by atoms with Gasteiger partial charge >= 0.3 is 0 Å². The fourth-order valence-electron chi connectivity index (χ4n) is 2.06. The third-order valence-corrected chi connectivity index (χ3v) is 3.07. The summed E-state index contributed by atoms with van der Waals surface area (Å²) in [7, 11) is 0. The molecule has 1 aromatic carbocycles. The first-order valence-corrected chi connectivity index (χ1v) is 5.18. The summed E-state index contributed by atoms with van der Waals surface area (Å²) >= 11 is 5.82. The second kappa shape index (κ2) is 3.52. The van der Waals surface area contributed by atoms with Crippen LogP contribution in [-0.4, -0.2) is 6.04 Å². The van der Waals surface area contributed by atoms with Gasteiger partial charge in [-0.1, -0.05) is 23.7 Å². The molecule has 2 rings (SSSR count). The molecule has 3 heteroatoms. The van der Waals surface area contributed by atoms with E-state index < -0.39 is 5.67 Å². The van der Waals surface area contributed by atoms with E-state index in [4.69, 9.17) is 17.3 Å². The molecule has 0 aliphatic heterocycles. The Balaban J connectivity index is 2.30. The summed E-state index contributed by atoms with van der Waals surface area (Å²) in [6.07, 6.45) is 1.67. The summed E-state index contributed by atoms with van der Waals surface area (Å²) in [6, 6.07) is 6.99.